The molecule has 0 heterocycles. The van der Waals surface area contributed by atoms with Crippen LogP contribution in [-0.4, -0.2) is 15.4 Å². The van der Waals surface area contributed by atoms with Crippen molar-refractivity contribution < 1.29 is 4.79 Å². The number of carbonyl (C=O) groups excluding carboxylic acids is 1. The lowest BCUT2D eigenvalue weighted by Gasteiger charge is -1.69. The number of allylic oxidation sites excluding steroid dienone is 1. The molecule has 0 fully saturated rings. The van der Waals surface area contributed by atoms with E-state index in [-0.39, 0.29) is 5.12 Å². The molecular formula is C4H3OSSi. The van der Waals surface area contributed by atoms with Gasteiger partial charge in [-0.15, -0.1) is 12.6 Å². The molecule has 3 radical (unpaired) electrons. The van der Waals surface area contributed by atoms with Crippen LogP contribution in [0.3, 0.4) is 0 Å². The van der Waals surface area contributed by atoms with Crippen LogP contribution in [0.4, 0.5) is 0 Å². The van der Waals surface area contributed by atoms with Crippen molar-refractivity contribution in [2.75, 3.05) is 0 Å². The van der Waals surface area contributed by atoms with Gasteiger partial charge in [0.05, 0.1) is 10.2 Å². The zero-order valence-corrected chi connectivity index (χ0v) is 5.46. The minimum absolute atomic E-state index is 0.106. The molecule has 0 aromatic rings. The molecule has 1 nitrogen and oxygen atoms in total. The Balaban J connectivity index is 2.62. The van der Waals surface area contributed by atoms with E-state index in [1.54, 1.807) is 0 Å². The van der Waals surface area contributed by atoms with Gasteiger partial charge in [0.1, 0.15) is 0 Å². The maximum atomic E-state index is 10.2. The first-order valence-electron chi connectivity index (χ1n) is 1.88. The Hall–Kier alpha value is -0.0231. The molecule has 35 valence electrons. The lowest BCUT2D eigenvalue weighted by molar-refractivity contribution is -0.107. The highest BCUT2D eigenvalue weighted by Gasteiger charge is 2.20. The minimum atomic E-state index is -0.106. The predicted molar refractivity (Wildman–Crippen MR) is 31.4 cm³/mol. The molecule has 0 spiro atoms. The molecule has 1 rings (SSSR count). The molecule has 0 aromatic heterocycles. The van der Waals surface area contributed by atoms with Crippen LogP contribution in [0, 0.1) is 0 Å². The first-order valence-corrected chi connectivity index (χ1v) is 2.83. The first-order chi connectivity index (χ1) is 3.22. The highest BCUT2D eigenvalue weighted by Crippen LogP contribution is 2.28. The van der Waals surface area contributed by atoms with Crippen molar-refractivity contribution in [2.24, 2.45) is 0 Å². The Morgan fingerprint density at radius 1 is 1.86 bits per heavy atom. The summed E-state index contributed by atoms with van der Waals surface area (Å²) in [5.41, 5.74) is 0.819. The summed E-state index contributed by atoms with van der Waals surface area (Å²) in [6.45, 7) is 0. The second-order valence-electron chi connectivity index (χ2n) is 1.44. The van der Waals surface area contributed by atoms with Gasteiger partial charge in [-0.25, -0.2) is 0 Å². The van der Waals surface area contributed by atoms with Crippen molar-refractivity contribution in [3.8, 4) is 0 Å². The maximum Gasteiger partial charge on any atom is 0.212 e. The molecule has 0 aliphatic heterocycles. The van der Waals surface area contributed by atoms with Gasteiger partial charge < -0.3 is 0 Å². The normalized spacial score (nSPS) is 17.4. The topological polar surface area (TPSA) is 17.1 Å². The van der Waals surface area contributed by atoms with Crippen LogP contribution < -0.4 is 0 Å². The van der Waals surface area contributed by atoms with Gasteiger partial charge in [-0.3, -0.25) is 4.79 Å². The fraction of sp³-hybridized carbons (Fsp3) is 0.250. The molecule has 7 heavy (non-hydrogen) atoms. The van der Waals surface area contributed by atoms with E-state index in [1.807, 2.05) is 0 Å². The molecule has 3 heteroatoms. The highest BCUT2D eigenvalue weighted by atomic mass is 32.1. The molecule has 1 aliphatic rings. The Morgan fingerprint density at radius 2 is 2.29 bits per heavy atom. The van der Waals surface area contributed by atoms with E-state index in [4.69, 9.17) is 0 Å². The van der Waals surface area contributed by atoms with E-state index < -0.39 is 0 Å². The van der Waals surface area contributed by atoms with E-state index >= 15 is 0 Å². The third-order valence-corrected chi connectivity index (χ3v) is 1.60. The molecule has 1 aliphatic carbocycles. The predicted octanol–water partition coefficient (Wildman–Crippen LogP) is 0.269. The van der Waals surface area contributed by atoms with Crippen molar-refractivity contribution >= 4 is 28.0 Å². The van der Waals surface area contributed by atoms with E-state index in [2.05, 4.69) is 22.9 Å². The third-order valence-electron chi connectivity index (χ3n) is 0.851. The van der Waals surface area contributed by atoms with Crippen molar-refractivity contribution in [2.45, 2.75) is 6.42 Å². The number of thiol groups is 1. The number of rotatable bonds is 1. The van der Waals surface area contributed by atoms with E-state index in [0.29, 0.717) is 0 Å². The zero-order valence-electron chi connectivity index (χ0n) is 3.56. The standard InChI is InChI=1S/C4H3OSSi/c5-4(6)2-1-3(2)7/h1H2,(H,5,6). The molecule has 0 amide bonds. The summed E-state index contributed by atoms with van der Waals surface area (Å²) in [6, 6.07) is 0. The van der Waals surface area contributed by atoms with Gasteiger partial charge in [0.2, 0.25) is 5.12 Å². The molecular weight excluding hydrogens is 124 g/mol. The van der Waals surface area contributed by atoms with Gasteiger partial charge in [-0.1, -0.05) is 5.20 Å². The second-order valence-corrected chi connectivity index (χ2v) is 2.45. The van der Waals surface area contributed by atoms with Gasteiger partial charge >= 0.3 is 0 Å². The van der Waals surface area contributed by atoms with Gasteiger partial charge in [-0.05, 0) is 6.42 Å². The quantitative estimate of drug-likeness (QED) is 0.395. The minimum Gasteiger partial charge on any atom is -0.282 e. The second kappa shape index (κ2) is 1.49. The molecule has 0 bridgehead atoms. The Morgan fingerprint density at radius 3 is 2.29 bits per heavy atom. The zero-order chi connectivity index (χ0) is 5.44. The molecule has 0 N–H and O–H groups in total. The summed E-state index contributed by atoms with van der Waals surface area (Å²) in [5, 5.41) is 0.894. The number of hydrogen-bond acceptors (Lipinski definition) is 1. The highest BCUT2D eigenvalue weighted by molar-refractivity contribution is 7.97. The van der Waals surface area contributed by atoms with Crippen LogP contribution >= 0.6 is 12.6 Å². The average molecular weight is 127 g/mol. The van der Waals surface area contributed by atoms with Crippen molar-refractivity contribution in [3.05, 3.63) is 10.8 Å². The van der Waals surface area contributed by atoms with Gasteiger partial charge in [0, 0.05) is 5.57 Å². The van der Waals surface area contributed by atoms with Crippen molar-refractivity contribution in [1.82, 2.24) is 0 Å². The summed E-state index contributed by atoms with van der Waals surface area (Å²) < 4.78 is 0. The number of hydrogen-bond donors (Lipinski definition) is 1. The summed E-state index contributed by atoms with van der Waals surface area (Å²) >= 11 is 3.59. The van der Waals surface area contributed by atoms with Crippen LogP contribution in [0.2, 0.25) is 0 Å². The molecule has 0 saturated heterocycles. The van der Waals surface area contributed by atoms with Crippen LogP contribution in [0.1, 0.15) is 6.42 Å². The first kappa shape index (κ1) is 5.12. The van der Waals surface area contributed by atoms with Crippen molar-refractivity contribution in [3.63, 3.8) is 0 Å². The summed E-state index contributed by atoms with van der Waals surface area (Å²) in [4.78, 5) is 10.2. The monoisotopic (exact) mass is 127 g/mol. The van der Waals surface area contributed by atoms with Crippen LogP contribution in [0.15, 0.2) is 10.8 Å². The van der Waals surface area contributed by atoms with Crippen LogP contribution in [-0.2, 0) is 4.79 Å². The lowest BCUT2D eigenvalue weighted by Crippen LogP contribution is -1.75. The molecule has 0 aromatic carbocycles. The summed E-state index contributed by atoms with van der Waals surface area (Å²) in [5.74, 6) is 0. The van der Waals surface area contributed by atoms with Crippen LogP contribution in [0.5, 0.6) is 0 Å². The average Bonchev–Trinajstić information content (AvgIpc) is 2.17. The maximum absolute atomic E-state index is 10.2. The van der Waals surface area contributed by atoms with Crippen molar-refractivity contribution in [1.29, 1.82) is 0 Å². The van der Waals surface area contributed by atoms with E-state index in [1.165, 1.54) is 0 Å². The molecule has 0 unspecified atom stereocenters. The van der Waals surface area contributed by atoms with Gasteiger partial charge in [-0.2, -0.15) is 0 Å². The lowest BCUT2D eigenvalue weighted by atomic mass is 10.6. The smallest absolute Gasteiger partial charge is 0.212 e. The largest absolute Gasteiger partial charge is 0.282 e. The SMILES string of the molecule is O=C(S)C1=C([Si])C1. The Labute approximate surface area is 50.6 Å². The fourth-order valence-electron chi connectivity index (χ4n) is 0.337. The van der Waals surface area contributed by atoms with Gasteiger partial charge in [0.25, 0.3) is 0 Å². The Kier molecular flexibility index (Phi) is 1.09. The van der Waals surface area contributed by atoms with Crippen LogP contribution in [0.25, 0.3) is 0 Å². The molecule has 0 saturated carbocycles. The van der Waals surface area contributed by atoms with E-state index in [0.717, 1.165) is 17.2 Å². The summed E-state index contributed by atoms with van der Waals surface area (Å²) in [6.07, 6.45) is 0.805. The fourth-order valence-corrected chi connectivity index (χ4v) is 0.947. The summed E-state index contributed by atoms with van der Waals surface area (Å²) in [7, 11) is 3.20. The Bertz CT molecular complexity index is 144. The number of carbonyl (C=O) groups is 1. The molecule has 0 atom stereocenters. The van der Waals surface area contributed by atoms with E-state index in [9.17, 15) is 4.79 Å². The third kappa shape index (κ3) is 0.950. The van der Waals surface area contributed by atoms with Gasteiger partial charge in [0.15, 0.2) is 0 Å².